The van der Waals surface area contributed by atoms with Crippen molar-refractivity contribution in [2.24, 2.45) is 0 Å². The van der Waals surface area contributed by atoms with Gasteiger partial charge in [0.15, 0.2) is 0 Å². The molecule has 0 atom stereocenters. The Morgan fingerprint density at radius 2 is 1.96 bits per heavy atom. The molecular formula is C20H18N2O3. The van der Waals surface area contributed by atoms with Crippen LogP contribution < -0.4 is 10.9 Å². The number of amides is 1. The van der Waals surface area contributed by atoms with E-state index in [9.17, 15) is 14.7 Å². The Bertz CT molecular complexity index is 1070. The Morgan fingerprint density at radius 3 is 2.76 bits per heavy atom. The Labute approximate surface area is 144 Å². The average molecular weight is 334 g/mol. The van der Waals surface area contributed by atoms with Crippen LogP contribution in [0.15, 0.2) is 47.3 Å². The van der Waals surface area contributed by atoms with Gasteiger partial charge in [0.2, 0.25) is 0 Å². The quantitative estimate of drug-likeness (QED) is 0.756. The van der Waals surface area contributed by atoms with Crippen LogP contribution in [0.3, 0.4) is 0 Å². The molecule has 25 heavy (non-hydrogen) atoms. The molecule has 0 spiro atoms. The van der Waals surface area contributed by atoms with Crippen LogP contribution in [0.2, 0.25) is 0 Å². The summed E-state index contributed by atoms with van der Waals surface area (Å²) in [5, 5.41) is 13.9. The fourth-order valence-electron chi connectivity index (χ4n) is 3.52. The maximum atomic E-state index is 12.9. The fraction of sp³-hybridized carbons (Fsp3) is 0.200. The third-order valence-electron chi connectivity index (χ3n) is 4.79. The van der Waals surface area contributed by atoms with E-state index >= 15 is 0 Å². The normalized spacial score (nSPS) is 13.0. The minimum atomic E-state index is -0.585. The van der Waals surface area contributed by atoms with Crippen LogP contribution in [-0.4, -0.2) is 15.6 Å². The van der Waals surface area contributed by atoms with Gasteiger partial charge in [0, 0.05) is 17.6 Å². The van der Waals surface area contributed by atoms with E-state index in [0.29, 0.717) is 17.6 Å². The number of rotatable bonds is 2. The van der Waals surface area contributed by atoms with Gasteiger partial charge in [0.05, 0.1) is 5.52 Å². The van der Waals surface area contributed by atoms with Crippen molar-refractivity contribution < 1.29 is 9.90 Å². The van der Waals surface area contributed by atoms with E-state index in [1.807, 2.05) is 37.3 Å². The van der Waals surface area contributed by atoms with Crippen molar-refractivity contribution in [3.8, 4) is 5.75 Å². The highest BCUT2D eigenvalue weighted by Crippen LogP contribution is 2.32. The summed E-state index contributed by atoms with van der Waals surface area (Å²) < 4.78 is 1.61. The van der Waals surface area contributed by atoms with Crippen LogP contribution in [0, 0.1) is 6.92 Å². The lowest BCUT2D eigenvalue weighted by Gasteiger charge is -2.21. The summed E-state index contributed by atoms with van der Waals surface area (Å²) in [5.74, 6) is -0.829. The molecule has 1 aromatic heterocycles. The monoisotopic (exact) mass is 334 g/mol. The number of hydrogen-bond acceptors (Lipinski definition) is 3. The highest BCUT2D eigenvalue weighted by Gasteiger charge is 2.25. The zero-order chi connectivity index (χ0) is 17.6. The third-order valence-corrected chi connectivity index (χ3v) is 4.79. The fourth-order valence-corrected chi connectivity index (χ4v) is 3.52. The van der Waals surface area contributed by atoms with Crippen molar-refractivity contribution in [3.63, 3.8) is 0 Å². The van der Waals surface area contributed by atoms with E-state index < -0.39 is 11.5 Å². The molecule has 1 aliphatic heterocycles. The molecule has 0 saturated heterocycles. The molecule has 0 bridgehead atoms. The first-order valence-corrected chi connectivity index (χ1v) is 8.32. The first-order chi connectivity index (χ1) is 12.1. The van der Waals surface area contributed by atoms with E-state index in [1.54, 1.807) is 16.7 Å². The molecular weight excluding hydrogens is 316 g/mol. The number of nitrogens with one attached hydrogen (secondary N) is 1. The van der Waals surface area contributed by atoms with Crippen LogP contribution in [0.4, 0.5) is 5.69 Å². The predicted octanol–water partition coefficient (Wildman–Crippen LogP) is 3.21. The predicted molar refractivity (Wildman–Crippen MR) is 97.3 cm³/mol. The molecule has 0 saturated carbocycles. The van der Waals surface area contributed by atoms with E-state index in [0.717, 1.165) is 29.5 Å². The van der Waals surface area contributed by atoms with Crippen molar-refractivity contribution in [2.75, 3.05) is 5.32 Å². The first kappa shape index (κ1) is 15.4. The van der Waals surface area contributed by atoms with E-state index in [2.05, 4.69) is 5.32 Å². The standard InChI is InChI=1S/C20H18N2O3/c1-12-6-2-3-10-15(12)21-19(24)16-18(23)14-9-4-7-13-8-5-11-22(17(13)14)20(16)25/h2-4,6-7,9-10,23H,5,8,11H2,1H3,(H,21,24). The SMILES string of the molecule is Cc1ccccc1NC(=O)c1c(O)c2cccc3c2n(c1=O)CCC3. The average Bonchev–Trinajstić information content (AvgIpc) is 2.61. The van der Waals surface area contributed by atoms with Gasteiger partial charge < -0.3 is 15.0 Å². The van der Waals surface area contributed by atoms with Crippen LogP contribution in [-0.2, 0) is 13.0 Å². The second-order valence-electron chi connectivity index (χ2n) is 6.37. The summed E-state index contributed by atoms with van der Waals surface area (Å²) in [6, 6.07) is 12.9. The summed E-state index contributed by atoms with van der Waals surface area (Å²) in [7, 11) is 0. The topological polar surface area (TPSA) is 71.3 Å². The minimum absolute atomic E-state index is 0.199. The largest absolute Gasteiger partial charge is 0.506 e. The van der Waals surface area contributed by atoms with Gasteiger partial charge in [-0.05, 0) is 43.0 Å². The molecule has 0 unspecified atom stereocenters. The number of anilines is 1. The van der Waals surface area contributed by atoms with Gasteiger partial charge in [0.25, 0.3) is 11.5 Å². The van der Waals surface area contributed by atoms with E-state index in [4.69, 9.17) is 0 Å². The van der Waals surface area contributed by atoms with Crippen molar-refractivity contribution in [1.82, 2.24) is 4.57 Å². The summed E-state index contributed by atoms with van der Waals surface area (Å²) in [5.41, 5.74) is 2.64. The highest BCUT2D eigenvalue weighted by atomic mass is 16.3. The molecule has 0 fully saturated rings. The Kier molecular flexibility index (Phi) is 3.57. The number of aromatic hydroxyl groups is 1. The zero-order valence-electron chi connectivity index (χ0n) is 13.9. The lowest BCUT2D eigenvalue weighted by atomic mass is 9.99. The molecule has 4 rings (SSSR count). The van der Waals surface area contributed by atoms with Gasteiger partial charge in [-0.25, -0.2) is 0 Å². The van der Waals surface area contributed by atoms with E-state index in [1.165, 1.54) is 0 Å². The van der Waals surface area contributed by atoms with Crippen LogP contribution >= 0.6 is 0 Å². The second-order valence-corrected chi connectivity index (χ2v) is 6.37. The van der Waals surface area contributed by atoms with E-state index in [-0.39, 0.29) is 11.3 Å². The summed E-state index contributed by atoms with van der Waals surface area (Å²) in [6.07, 6.45) is 1.71. The molecule has 1 amide bonds. The molecule has 5 heteroatoms. The lowest BCUT2D eigenvalue weighted by molar-refractivity contribution is 0.102. The number of carbonyl (C=O) groups is 1. The van der Waals surface area contributed by atoms with Crippen molar-refractivity contribution in [1.29, 1.82) is 0 Å². The van der Waals surface area contributed by atoms with Crippen molar-refractivity contribution in [3.05, 3.63) is 69.5 Å². The summed E-state index contributed by atoms with van der Waals surface area (Å²) >= 11 is 0. The van der Waals surface area contributed by atoms with Gasteiger partial charge in [-0.3, -0.25) is 9.59 Å². The van der Waals surface area contributed by atoms with Gasteiger partial charge in [0.1, 0.15) is 11.3 Å². The maximum Gasteiger partial charge on any atom is 0.267 e. The number of aromatic nitrogens is 1. The van der Waals surface area contributed by atoms with Crippen LogP contribution in [0.1, 0.15) is 27.9 Å². The number of nitrogens with zero attached hydrogens (tertiary/aromatic N) is 1. The van der Waals surface area contributed by atoms with Gasteiger partial charge in [-0.1, -0.05) is 30.3 Å². The molecule has 2 aromatic carbocycles. The Morgan fingerprint density at radius 1 is 1.16 bits per heavy atom. The van der Waals surface area contributed by atoms with Crippen molar-refractivity contribution in [2.45, 2.75) is 26.3 Å². The highest BCUT2D eigenvalue weighted by molar-refractivity contribution is 6.09. The number of benzene rings is 2. The van der Waals surface area contributed by atoms with Gasteiger partial charge in [-0.15, -0.1) is 0 Å². The third kappa shape index (κ3) is 2.39. The minimum Gasteiger partial charge on any atom is -0.506 e. The molecule has 0 radical (unpaired) electrons. The number of aryl methyl sites for hydroxylation is 3. The Balaban J connectivity index is 1.90. The van der Waals surface area contributed by atoms with Gasteiger partial charge in [-0.2, -0.15) is 0 Å². The van der Waals surface area contributed by atoms with Crippen molar-refractivity contribution >= 4 is 22.5 Å². The van der Waals surface area contributed by atoms with Crippen LogP contribution in [0.5, 0.6) is 5.75 Å². The molecule has 2 heterocycles. The molecule has 3 aromatic rings. The smallest absolute Gasteiger partial charge is 0.267 e. The Hall–Kier alpha value is -3.08. The zero-order valence-corrected chi connectivity index (χ0v) is 13.9. The molecule has 0 aliphatic carbocycles. The van der Waals surface area contributed by atoms with Crippen LogP contribution in [0.25, 0.3) is 10.9 Å². The number of hydrogen-bond donors (Lipinski definition) is 2. The maximum absolute atomic E-state index is 12.9. The lowest BCUT2D eigenvalue weighted by Crippen LogP contribution is -2.31. The number of para-hydroxylation sites is 2. The molecule has 5 nitrogen and oxygen atoms in total. The second kappa shape index (κ2) is 5.77. The first-order valence-electron chi connectivity index (χ1n) is 8.32. The summed E-state index contributed by atoms with van der Waals surface area (Å²) in [4.78, 5) is 25.6. The number of pyridine rings is 1. The molecule has 126 valence electrons. The summed E-state index contributed by atoms with van der Waals surface area (Å²) in [6.45, 7) is 2.43. The molecule has 2 N–H and O–H groups in total. The molecule has 1 aliphatic rings. The van der Waals surface area contributed by atoms with Gasteiger partial charge >= 0.3 is 0 Å². The number of carbonyl (C=O) groups excluding carboxylic acids is 1.